The number of hydrogen-bond acceptors (Lipinski definition) is 1. The lowest BCUT2D eigenvalue weighted by Crippen LogP contribution is -2.34. The molecule has 0 radical (unpaired) electrons. The number of nitrogens with zero attached hydrogens (tertiary/aromatic N) is 1. The van der Waals surface area contributed by atoms with Gasteiger partial charge in [-0.05, 0) is 67.4 Å². The second kappa shape index (κ2) is 13.4. The number of allylic oxidation sites excluding steroid dienone is 5. The molecule has 3 aromatic rings. The lowest BCUT2D eigenvalue weighted by Gasteiger charge is -2.29. The highest BCUT2D eigenvalue weighted by atomic mass is 16.1. The van der Waals surface area contributed by atoms with E-state index >= 15 is 0 Å². The Morgan fingerprint density at radius 2 is 1.64 bits per heavy atom. The number of fused-ring (bicyclic) bond motifs is 1. The Balaban J connectivity index is 0.00000176. The number of pyridine rings is 1. The highest BCUT2D eigenvalue weighted by Gasteiger charge is 2.27. The summed E-state index contributed by atoms with van der Waals surface area (Å²) in [5.41, 5.74) is 6.39. The third kappa shape index (κ3) is 6.31. The molecule has 2 heteroatoms. The summed E-state index contributed by atoms with van der Waals surface area (Å²) in [5.74, 6) is 0.429. The molecule has 0 N–H and O–H groups in total. The van der Waals surface area contributed by atoms with Crippen LogP contribution in [0.3, 0.4) is 0 Å². The van der Waals surface area contributed by atoms with Crippen molar-refractivity contribution in [2.75, 3.05) is 0 Å². The van der Waals surface area contributed by atoms with Crippen molar-refractivity contribution >= 4 is 6.08 Å². The van der Waals surface area contributed by atoms with E-state index in [4.69, 9.17) is 0 Å². The quantitative estimate of drug-likeness (QED) is 0.299. The summed E-state index contributed by atoms with van der Waals surface area (Å²) >= 11 is 0. The fourth-order valence-corrected chi connectivity index (χ4v) is 5.03. The minimum absolute atomic E-state index is 0.102. The molecule has 4 rings (SSSR count). The normalized spacial score (nSPS) is 14.9. The van der Waals surface area contributed by atoms with Gasteiger partial charge in [-0.15, -0.1) is 0 Å². The summed E-state index contributed by atoms with van der Waals surface area (Å²) < 4.78 is 1.94. The fraction of sp³-hybridized carbons (Fsp3) is 0.265. The van der Waals surface area contributed by atoms with Crippen molar-refractivity contribution in [1.29, 1.82) is 0 Å². The molecule has 1 aliphatic carbocycles. The molecule has 36 heavy (non-hydrogen) atoms. The number of aryl methyl sites for hydroxylation is 1. The van der Waals surface area contributed by atoms with Crippen molar-refractivity contribution in [3.05, 3.63) is 148 Å². The van der Waals surface area contributed by atoms with E-state index in [1.165, 1.54) is 5.56 Å². The summed E-state index contributed by atoms with van der Waals surface area (Å²) in [7, 11) is 0. The fourth-order valence-electron chi connectivity index (χ4n) is 5.03. The van der Waals surface area contributed by atoms with Crippen LogP contribution in [0.4, 0.5) is 0 Å². The Morgan fingerprint density at radius 3 is 2.19 bits per heavy atom. The van der Waals surface area contributed by atoms with Gasteiger partial charge in [-0.2, -0.15) is 0 Å². The molecule has 2 aromatic carbocycles. The second-order valence-corrected chi connectivity index (χ2v) is 9.03. The Labute approximate surface area is 217 Å². The molecular weight excluding hydrogens is 438 g/mol. The zero-order valence-electron chi connectivity index (χ0n) is 22.0. The van der Waals surface area contributed by atoms with Crippen LogP contribution in [0, 0.1) is 5.92 Å². The number of rotatable bonds is 8. The molecule has 1 unspecified atom stereocenters. The number of aromatic nitrogens is 1. The van der Waals surface area contributed by atoms with Crippen molar-refractivity contribution in [3.8, 4) is 0 Å². The Morgan fingerprint density at radius 1 is 1.03 bits per heavy atom. The highest BCUT2D eigenvalue weighted by molar-refractivity contribution is 5.49. The Bertz CT molecular complexity index is 1220. The topological polar surface area (TPSA) is 22.0 Å². The standard InChI is InChI=1S/C32H33NO.C2H6/c1-4-6-9-14-24(3)21-25-19-20-28-23-29(5-2)33(32(34)30(28)22-25)31(26-15-10-7-11-16-26)27-17-12-8-13-18-27;1-2/h4-18,23,25,31H,2-3,19-22H2,1H3;1-2H3/b6-4-,14-9-;. The van der Waals surface area contributed by atoms with E-state index in [1.807, 2.05) is 86.0 Å². The van der Waals surface area contributed by atoms with Crippen LogP contribution < -0.4 is 5.56 Å². The number of benzene rings is 2. The molecule has 0 spiro atoms. The third-order valence-corrected chi connectivity index (χ3v) is 6.66. The van der Waals surface area contributed by atoms with E-state index in [2.05, 4.69) is 49.6 Å². The second-order valence-electron chi connectivity index (χ2n) is 9.03. The van der Waals surface area contributed by atoms with Crippen LogP contribution >= 0.6 is 0 Å². The van der Waals surface area contributed by atoms with E-state index in [0.29, 0.717) is 5.92 Å². The summed E-state index contributed by atoms with van der Waals surface area (Å²) in [4.78, 5) is 14.1. The van der Waals surface area contributed by atoms with Gasteiger partial charge in [0.05, 0.1) is 6.04 Å². The zero-order chi connectivity index (χ0) is 25.9. The maximum Gasteiger partial charge on any atom is 0.255 e. The van der Waals surface area contributed by atoms with Crippen LogP contribution in [0.1, 0.15) is 67.6 Å². The number of hydrogen-bond donors (Lipinski definition) is 0. The predicted molar refractivity (Wildman–Crippen MR) is 155 cm³/mol. The maximum absolute atomic E-state index is 14.1. The van der Waals surface area contributed by atoms with E-state index in [9.17, 15) is 4.79 Å². The van der Waals surface area contributed by atoms with Gasteiger partial charge < -0.3 is 0 Å². The molecule has 1 heterocycles. The largest absolute Gasteiger partial charge is 0.297 e. The van der Waals surface area contributed by atoms with Gasteiger partial charge in [-0.1, -0.05) is 118 Å². The van der Waals surface area contributed by atoms with Crippen molar-refractivity contribution in [1.82, 2.24) is 4.57 Å². The van der Waals surface area contributed by atoms with E-state index in [1.54, 1.807) is 0 Å². The molecule has 0 aliphatic heterocycles. The highest BCUT2D eigenvalue weighted by Crippen LogP contribution is 2.32. The van der Waals surface area contributed by atoms with Crippen LogP contribution in [-0.4, -0.2) is 4.57 Å². The zero-order valence-corrected chi connectivity index (χ0v) is 22.0. The van der Waals surface area contributed by atoms with E-state index in [0.717, 1.165) is 53.6 Å². The first kappa shape index (κ1) is 26.9. The molecule has 0 amide bonds. The van der Waals surface area contributed by atoms with Crippen molar-refractivity contribution in [2.24, 2.45) is 5.92 Å². The van der Waals surface area contributed by atoms with Gasteiger partial charge in [-0.25, -0.2) is 0 Å². The molecular formula is C34H39NO. The average molecular weight is 478 g/mol. The minimum Gasteiger partial charge on any atom is -0.297 e. The summed E-state index contributed by atoms with van der Waals surface area (Å²) in [5, 5.41) is 0. The molecule has 1 aromatic heterocycles. The first-order valence-corrected chi connectivity index (χ1v) is 13.1. The van der Waals surface area contributed by atoms with Crippen molar-refractivity contribution in [3.63, 3.8) is 0 Å². The van der Waals surface area contributed by atoms with Gasteiger partial charge in [0.15, 0.2) is 0 Å². The molecule has 2 nitrogen and oxygen atoms in total. The van der Waals surface area contributed by atoms with Crippen LogP contribution in [-0.2, 0) is 12.8 Å². The van der Waals surface area contributed by atoms with E-state index < -0.39 is 0 Å². The van der Waals surface area contributed by atoms with Gasteiger partial charge in [0.25, 0.3) is 5.56 Å². The van der Waals surface area contributed by atoms with E-state index in [-0.39, 0.29) is 11.6 Å². The Hall–Kier alpha value is -3.65. The van der Waals surface area contributed by atoms with Crippen LogP contribution in [0.15, 0.2) is 115 Å². The van der Waals surface area contributed by atoms with Crippen LogP contribution in [0.5, 0.6) is 0 Å². The van der Waals surface area contributed by atoms with Gasteiger partial charge in [0.1, 0.15) is 0 Å². The Kier molecular flexibility index (Phi) is 10.1. The maximum atomic E-state index is 14.1. The predicted octanol–water partition coefficient (Wildman–Crippen LogP) is 8.34. The lowest BCUT2D eigenvalue weighted by molar-refractivity contribution is 0.450. The molecule has 0 bridgehead atoms. The van der Waals surface area contributed by atoms with Gasteiger partial charge >= 0.3 is 0 Å². The van der Waals surface area contributed by atoms with Crippen molar-refractivity contribution < 1.29 is 0 Å². The average Bonchev–Trinajstić information content (AvgIpc) is 2.93. The third-order valence-electron chi connectivity index (χ3n) is 6.66. The summed E-state index contributed by atoms with van der Waals surface area (Å²) in [6, 6.07) is 22.5. The SMILES string of the molecule is C=Cc1cc2c(c(=O)n1C(c1ccccc1)c1ccccc1)CC(CC(=C)/C=C\C=C/C)CC2.CC. The van der Waals surface area contributed by atoms with Crippen molar-refractivity contribution in [2.45, 2.75) is 52.5 Å². The first-order chi connectivity index (χ1) is 17.6. The molecule has 1 aliphatic rings. The molecule has 0 saturated carbocycles. The van der Waals surface area contributed by atoms with Gasteiger partial charge in [-0.3, -0.25) is 9.36 Å². The monoisotopic (exact) mass is 477 g/mol. The van der Waals surface area contributed by atoms with Gasteiger partial charge in [0, 0.05) is 11.3 Å². The van der Waals surface area contributed by atoms with Gasteiger partial charge in [0.2, 0.25) is 0 Å². The smallest absolute Gasteiger partial charge is 0.255 e. The van der Waals surface area contributed by atoms with Crippen LogP contribution in [0.2, 0.25) is 0 Å². The first-order valence-electron chi connectivity index (χ1n) is 13.1. The molecule has 186 valence electrons. The lowest BCUT2D eigenvalue weighted by atomic mass is 9.81. The molecule has 1 atom stereocenters. The summed E-state index contributed by atoms with van der Waals surface area (Å²) in [6.07, 6.45) is 13.7. The summed E-state index contributed by atoms with van der Waals surface area (Å²) in [6.45, 7) is 14.3. The molecule has 0 saturated heterocycles. The van der Waals surface area contributed by atoms with Crippen LogP contribution in [0.25, 0.3) is 6.08 Å². The molecule has 0 fully saturated rings. The minimum atomic E-state index is -0.202.